The molecule has 5 heteroatoms. The molecule has 1 atom stereocenters. The summed E-state index contributed by atoms with van der Waals surface area (Å²) in [4.78, 5) is 18.3. The molecule has 1 amide bonds. The maximum Gasteiger partial charge on any atom is 0.225 e. The van der Waals surface area contributed by atoms with Crippen LogP contribution in [0, 0.1) is 17.2 Å². The molecule has 1 aromatic rings. The van der Waals surface area contributed by atoms with Gasteiger partial charge in [-0.15, -0.1) is 0 Å². The van der Waals surface area contributed by atoms with E-state index in [2.05, 4.69) is 11.1 Å². The number of likely N-dealkylation sites (tertiary alicyclic amines) is 1. The number of ether oxygens (including phenoxy) is 1. The first-order chi connectivity index (χ1) is 10.2. The average molecular weight is 287 g/mol. The van der Waals surface area contributed by atoms with Crippen molar-refractivity contribution in [3.05, 3.63) is 23.9 Å². The summed E-state index contributed by atoms with van der Waals surface area (Å²) in [5.41, 5.74) is 0.531. The zero-order chi connectivity index (χ0) is 15.2. The molecule has 0 aliphatic carbocycles. The summed E-state index contributed by atoms with van der Waals surface area (Å²) in [6.07, 6.45) is 4.09. The number of carbonyl (C=O) groups excluding carboxylic acids is 1. The van der Waals surface area contributed by atoms with Crippen LogP contribution in [-0.4, -0.2) is 35.0 Å². The Morgan fingerprint density at radius 3 is 3.00 bits per heavy atom. The Hall–Kier alpha value is -2.09. The lowest BCUT2D eigenvalue weighted by Crippen LogP contribution is -2.35. The number of pyridine rings is 1. The highest BCUT2D eigenvalue weighted by Gasteiger charge is 2.30. The van der Waals surface area contributed by atoms with Gasteiger partial charge in [-0.05, 0) is 18.9 Å². The zero-order valence-corrected chi connectivity index (χ0v) is 12.6. The summed E-state index contributed by atoms with van der Waals surface area (Å²) >= 11 is 0. The number of amides is 1. The Labute approximate surface area is 125 Å². The fourth-order valence-corrected chi connectivity index (χ4v) is 2.63. The highest BCUT2D eigenvalue weighted by atomic mass is 16.5. The summed E-state index contributed by atoms with van der Waals surface area (Å²) in [5.74, 6) is 0.796. The normalized spacial score (nSPS) is 17.8. The predicted octanol–water partition coefficient (Wildman–Crippen LogP) is 2.37. The van der Waals surface area contributed by atoms with Gasteiger partial charge in [-0.2, -0.15) is 5.26 Å². The third-order valence-corrected chi connectivity index (χ3v) is 3.94. The average Bonchev–Trinajstić information content (AvgIpc) is 2.97. The largest absolute Gasteiger partial charge is 0.472 e. The van der Waals surface area contributed by atoms with Gasteiger partial charge in [0, 0.05) is 31.1 Å². The Morgan fingerprint density at radius 1 is 1.57 bits per heavy atom. The van der Waals surface area contributed by atoms with Crippen molar-refractivity contribution >= 4 is 5.91 Å². The first-order valence-corrected chi connectivity index (χ1v) is 7.49. The highest BCUT2D eigenvalue weighted by molar-refractivity contribution is 5.79. The molecule has 21 heavy (non-hydrogen) atoms. The van der Waals surface area contributed by atoms with E-state index in [4.69, 9.17) is 10.00 Å². The van der Waals surface area contributed by atoms with E-state index in [-0.39, 0.29) is 17.9 Å². The van der Waals surface area contributed by atoms with Gasteiger partial charge in [-0.3, -0.25) is 4.79 Å². The van der Waals surface area contributed by atoms with Crippen molar-refractivity contribution in [1.82, 2.24) is 9.88 Å². The molecule has 2 heterocycles. The summed E-state index contributed by atoms with van der Waals surface area (Å²) in [5, 5.41) is 8.87. The Kier molecular flexibility index (Phi) is 5.15. The Balaban J connectivity index is 1.93. The van der Waals surface area contributed by atoms with Gasteiger partial charge in [0.15, 0.2) is 0 Å². The molecule has 0 N–H and O–H groups in total. The van der Waals surface area contributed by atoms with Crippen LogP contribution in [0.2, 0.25) is 0 Å². The number of nitriles is 1. The van der Waals surface area contributed by atoms with Crippen molar-refractivity contribution in [1.29, 1.82) is 5.26 Å². The number of hydrogen-bond acceptors (Lipinski definition) is 4. The van der Waals surface area contributed by atoms with Gasteiger partial charge in [0.05, 0.1) is 18.2 Å². The second-order valence-electron chi connectivity index (χ2n) is 5.32. The summed E-state index contributed by atoms with van der Waals surface area (Å²) < 4.78 is 5.79. The molecular weight excluding hydrogens is 266 g/mol. The van der Waals surface area contributed by atoms with E-state index in [0.29, 0.717) is 18.0 Å². The van der Waals surface area contributed by atoms with Gasteiger partial charge in [0.1, 0.15) is 6.10 Å². The SMILES string of the molecule is CCC(CC)C(=O)N1CCC(Oc2cc(C#N)ccn2)C1. The van der Waals surface area contributed by atoms with Gasteiger partial charge in [0.2, 0.25) is 11.8 Å². The number of carbonyl (C=O) groups is 1. The lowest BCUT2D eigenvalue weighted by Gasteiger charge is -2.21. The molecule has 0 bridgehead atoms. The molecule has 1 aliphatic rings. The van der Waals surface area contributed by atoms with Gasteiger partial charge < -0.3 is 9.64 Å². The van der Waals surface area contributed by atoms with Crippen LogP contribution < -0.4 is 4.74 Å². The minimum Gasteiger partial charge on any atom is -0.472 e. The third kappa shape index (κ3) is 3.72. The second-order valence-corrected chi connectivity index (χ2v) is 5.32. The third-order valence-electron chi connectivity index (χ3n) is 3.94. The zero-order valence-electron chi connectivity index (χ0n) is 12.6. The summed E-state index contributed by atoms with van der Waals surface area (Å²) in [6, 6.07) is 5.34. The number of aromatic nitrogens is 1. The van der Waals surface area contributed by atoms with Crippen LogP contribution in [0.5, 0.6) is 5.88 Å². The van der Waals surface area contributed by atoms with E-state index in [1.54, 1.807) is 18.3 Å². The first-order valence-electron chi connectivity index (χ1n) is 7.49. The van der Waals surface area contributed by atoms with E-state index < -0.39 is 0 Å². The fraction of sp³-hybridized carbons (Fsp3) is 0.562. The van der Waals surface area contributed by atoms with Gasteiger partial charge in [-0.25, -0.2) is 4.98 Å². The molecule has 112 valence electrons. The van der Waals surface area contributed by atoms with Crippen molar-refractivity contribution < 1.29 is 9.53 Å². The van der Waals surface area contributed by atoms with Crippen molar-refractivity contribution in [2.24, 2.45) is 5.92 Å². The van der Waals surface area contributed by atoms with Crippen LogP contribution in [0.4, 0.5) is 0 Å². The quantitative estimate of drug-likeness (QED) is 0.834. The minimum absolute atomic E-state index is 0.0373. The lowest BCUT2D eigenvalue weighted by molar-refractivity contribution is -0.134. The van der Waals surface area contributed by atoms with Gasteiger partial charge in [0.25, 0.3) is 0 Å². The van der Waals surface area contributed by atoms with Crippen LogP contribution in [0.25, 0.3) is 0 Å². The monoisotopic (exact) mass is 287 g/mol. The van der Waals surface area contributed by atoms with Crippen LogP contribution in [0.15, 0.2) is 18.3 Å². The molecule has 1 fully saturated rings. The molecule has 0 spiro atoms. The van der Waals surface area contributed by atoms with Crippen LogP contribution >= 0.6 is 0 Å². The van der Waals surface area contributed by atoms with E-state index in [0.717, 1.165) is 25.8 Å². The van der Waals surface area contributed by atoms with Gasteiger partial charge in [-0.1, -0.05) is 13.8 Å². The molecule has 0 radical (unpaired) electrons. The molecule has 0 aromatic carbocycles. The molecule has 0 saturated carbocycles. The maximum absolute atomic E-state index is 12.3. The summed E-state index contributed by atoms with van der Waals surface area (Å²) in [7, 11) is 0. The Morgan fingerprint density at radius 2 is 2.33 bits per heavy atom. The smallest absolute Gasteiger partial charge is 0.225 e. The lowest BCUT2D eigenvalue weighted by atomic mass is 10.0. The molecule has 1 aromatic heterocycles. The fourth-order valence-electron chi connectivity index (χ4n) is 2.63. The minimum atomic E-state index is -0.0373. The first kappa shape index (κ1) is 15.3. The highest BCUT2D eigenvalue weighted by Crippen LogP contribution is 2.20. The standard InChI is InChI=1S/C16H21N3O2/c1-3-13(4-2)16(20)19-8-6-14(11-19)21-15-9-12(10-17)5-7-18-15/h5,7,9,13-14H,3-4,6,8,11H2,1-2H3. The number of hydrogen-bond donors (Lipinski definition) is 0. The number of nitrogens with zero attached hydrogens (tertiary/aromatic N) is 3. The van der Waals surface area contributed by atoms with Crippen molar-refractivity contribution in [3.8, 4) is 11.9 Å². The van der Waals surface area contributed by atoms with E-state index >= 15 is 0 Å². The second kappa shape index (κ2) is 7.07. The number of rotatable bonds is 5. The topological polar surface area (TPSA) is 66.2 Å². The van der Waals surface area contributed by atoms with Crippen molar-refractivity contribution in [2.45, 2.75) is 39.2 Å². The van der Waals surface area contributed by atoms with Crippen molar-refractivity contribution in [3.63, 3.8) is 0 Å². The summed E-state index contributed by atoms with van der Waals surface area (Å²) in [6.45, 7) is 5.44. The molecular formula is C16H21N3O2. The Bertz CT molecular complexity index is 535. The van der Waals surface area contributed by atoms with Gasteiger partial charge >= 0.3 is 0 Å². The van der Waals surface area contributed by atoms with E-state index in [9.17, 15) is 4.79 Å². The maximum atomic E-state index is 12.3. The molecule has 1 unspecified atom stereocenters. The van der Waals surface area contributed by atoms with Crippen molar-refractivity contribution in [2.75, 3.05) is 13.1 Å². The van der Waals surface area contributed by atoms with Crippen LogP contribution in [0.3, 0.4) is 0 Å². The van der Waals surface area contributed by atoms with E-state index in [1.807, 2.05) is 18.7 Å². The molecule has 5 nitrogen and oxygen atoms in total. The molecule has 1 aliphatic heterocycles. The predicted molar refractivity (Wildman–Crippen MR) is 78.6 cm³/mol. The van der Waals surface area contributed by atoms with Crippen LogP contribution in [-0.2, 0) is 4.79 Å². The van der Waals surface area contributed by atoms with E-state index in [1.165, 1.54) is 0 Å². The molecule has 1 saturated heterocycles. The molecule has 2 rings (SSSR count). The van der Waals surface area contributed by atoms with Crippen LogP contribution in [0.1, 0.15) is 38.7 Å².